The molecule has 1 unspecified atom stereocenters. The van der Waals surface area contributed by atoms with Gasteiger partial charge in [0.05, 0.1) is 11.8 Å². The van der Waals surface area contributed by atoms with Gasteiger partial charge in [-0.15, -0.1) is 0 Å². The summed E-state index contributed by atoms with van der Waals surface area (Å²) in [5.41, 5.74) is 1.39. The van der Waals surface area contributed by atoms with Gasteiger partial charge in [0.2, 0.25) is 10.0 Å². The van der Waals surface area contributed by atoms with Gasteiger partial charge in [0, 0.05) is 6.54 Å². The van der Waals surface area contributed by atoms with Gasteiger partial charge < -0.3 is 5.32 Å². The lowest BCUT2D eigenvalue weighted by Gasteiger charge is -2.14. The van der Waals surface area contributed by atoms with E-state index in [0.717, 1.165) is 12.1 Å². The molecule has 0 aromatic heterocycles. The van der Waals surface area contributed by atoms with Crippen molar-refractivity contribution >= 4 is 15.7 Å². The summed E-state index contributed by atoms with van der Waals surface area (Å²) < 4.78 is 26.6. The molecule has 0 spiro atoms. The molecule has 0 aliphatic carbocycles. The maximum Gasteiger partial charge on any atom is 0.249 e. The van der Waals surface area contributed by atoms with Crippen molar-refractivity contribution in [2.24, 2.45) is 0 Å². The molecule has 1 atom stereocenters. The molecule has 1 aromatic carbocycles. The molecular weight excluding hydrogens is 262 g/mol. The van der Waals surface area contributed by atoms with Crippen molar-refractivity contribution in [3.05, 3.63) is 29.8 Å². The van der Waals surface area contributed by atoms with E-state index in [4.69, 9.17) is 5.26 Å². The molecule has 5 nitrogen and oxygen atoms in total. The maximum atomic E-state index is 12.0. The van der Waals surface area contributed by atoms with E-state index in [2.05, 4.69) is 10.0 Å². The van der Waals surface area contributed by atoms with Crippen LogP contribution in [0.15, 0.2) is 24.3 Å². The van der Waals surface area contributed by atoms with Crippen molar-refractivity contribution in [2.75, 3.05) is 11.3 Å². The molecule has 104 valence electrons. The number of anilines is 1. The predicted molar refractivity (Wildman–Crippen MR) is 76.1 cm³/mol. The summed E-state index contributed by atoms with van der Waals surface area (Å²) in [6, 6.07) is 8.98. The normalized spacial score (nSPS) is 12.7. The zero-order chi connectivity index (χ0) is 14.3. The second-order valence-electron chi connectivity index (χ2n) is 4.11. The molecule has 0 aliphatic heterocycles. The van der Waals surface area contributed by atoms with E-state index >= 15 is 0 Å². The van der Waals surface area contributed by atoms with Crippen molar-refractivity contribution < 1.29 is 8.42 Å². The van der Waals surface area contributed by atoms with Crippen LogP contribution in [0.5, 0.6) is 0 Å². The first kappa shape index (κ1) is 15.5. The van der Waals surface area contributed by atoms with Gasteiger partial charge in [-0.25, -0.2) is 8.42 Å². The van der Waals surface area contributed by atoms with Gasteiger partial charge in [-0.1, -0.05) is 32.0 Å². The first-order valence-electron chi connectivity index (χ1n) is 6.25. The highest BCUT2D eigenvalue weighted by molar-refractivity contribution is 7.93. The monoisotopic (exact) mass is 281 g/mol. The van der Waals surface area contributed by atoms with Crippen LogP contribution in [0.3, 0.4) is 0 Å². The smallest absolute Gasteiger partial charge is 0.249 e. The molecule has 0 saturated heterocycles. The fourth-order valence-electron chi connectivity index (χ4n) is 1.64. The van der Waals surface area contributed by atoms with Crippen molar-refractivity contribution in [1.82, 2.24) is 5.32 Å². The molecule has 1 rings (SSSR count). The van der Waals surface area contributed by atoms with Gasteiger partial charge >= 0.3 is 0 Å². The predicted octanol–water partition coefficient (Wildman–Crippen LogP) is 1.84. The summed E-state index contributed by atoms with van der Waals surface area (Å²) in [7, 11) is -3.66. The van der Waals surface area contributed by atoms with Crippen LogP contribution in [0, 0.1) is 11.3 Å². The summed E-state index contributed by atoms with van der Waals surface area (Å²) in [6.07, 6.45) is 0.265. The van der Waals surface area contributed by atoms with Gasteiger partial charge in [0.15, 0.2) is 5.25 Å². The number of nitrogens with zero attached hydrogens (tertiary/aromatic N) is 1. The quantitative estimate of drug-likeness (QED) is 0.799. The first-order valence-corrected chi connectivity index (χ1v) is 7.79. The van der Waals surface area contributed by atoms with E-state index in [1.165, 1.54) is 0 Å². The van der Waals surface area contributed by atoms with Crippen LogP contribution in [0.2, 0.25) is 0 Å². The minimum atomic E-state index is -3.66. The molecule has 6 heteroatoms. The summed E-state index contributed by atoms with van der Waals surface area (Å²) in [5.74, 6) is 0. The Hall–Kier alpha value is -1.58. The Bertz CT molecular complexity index is 549. The number of benzene rings is 1. The van der Waals surface area contributed by atoms with E-state index < -0.39 is 15.3 Å². The van der Waals surface area contributed by atoms with Crippen LogP contribution >= 0.6 is 0 Å². The molecule has 0 aliphatic rings. The number of nitrogens with one attached hydrogen (secondary N) is 2. The van der Waals surface area contributed by atoms with Crippen LogP contribution in [-0.4, -0.2) is 20.2 Å². The third-order valence-corrected chi connectivity index (χ3v) is 4.42. The average Bonchev–Trinajstić information content (AvgIpc) is 2.38. The van der Waals surface area contributed by atoms with Gasteiger partial charge in [0.1, 0.15) is 0 Å². The van der Waals surface area contributed by atoms with Gasteiger partial charge in [-0.05, 0) is 24.6 Å². The molecular formula is C13H19N3O2S. The lowest BCUT2D eigenvalue weighted by molar-refractivity contribution is 0.592. The highest BCUT2D eigenvalue weighted by Gasteiger charge is 2.23. The Morgan fingerprint density at radius 3 is 2.58 bits per heavy atom. The van der Waals surface area contributed by atoms with Crippen LogP contribution < -0.4 is 10.0 Å². The molecule has 0 amide bonds. The van der Waals surface area contributed by atoms with Crippen molar-refractivity contribution in [1.29, 1.82) is 5.26 Å². The first-order chi connectivity index (χ1) is 9.05. The average molecular weight is 281 g/mol. The van der Waals surface area contributed by atoms with E-state index in [1.807, 2.05) is 25.1 Å². The SMILES string of the molecule is CCNCc1ccccc1NS(=O)(=O)C(C#N)CC. The van der Waals surface area contributed by atoms with E-state index in [-0.39, 0.29) is 6.42 Å². The number of hydrogen-bond donors (Lipinski definition) is 2. The second kappa shape index (κ2) is 7.12. The molecule has 19 heavy (non-hydrogen) atoms. The van der Waals surface area contributed by atoms with Crippen LogP contribution in [0.4, 0.5) is 5.69 Å². The number of sulfonamides is 1. The third kappa shape index (κ3) is 4.23. The lowest BCUT2D eigenvalue weighted by Crippen LogP contribution is -2.27. The highest BCUT2D eigenvalue weighted by Crippen LogP contribution is 2.18. The Morgan fingerprint density at radius 1 is 1.32 bits per heavy atom. The van der Waals surface area contributed by atoms with Crippen LogP contribution in [0.25, 0.3) is 0 Å². The fraction of sp³-hybridized carbons (Fsp3) is 0.462. The minimum Gasteiger partial charge on any atom is -0.313 e. The Labute approximate surface area is 114 Å². The van der Waals surface area contributed by atoms with Crippen LogP contribution in [0.1, 0.15) is 25.8 Å². The van der Waals surface area contributed by atoms with Crippen molar-refractivity contribution in [3.63, 3.8) is 0 Å². The third-order valence-electron chi connectivity index (χ3n) is 2.72. The number of rotatable bonds is 7. The Balaban J connectivity index is 2.96. The summed E-state index contributed by atoms with van der Waals surface area (Å²) in [4.78, 5) is 0. The van der Waals surface area contributed by atoms with Crippen molar-refractivity contribution in [2.45, 2.75) is 32.1 Å². The molecule has 0 fully saturated rings. The van der Waals surface area contributed by atoms with Gasteiger partial charge in [-0.3, -0.25) is 4.72 Å². The maximum absolute atomic E-state index is 12.0. The number of nitriles is 1. The second-order valence-corrected chi connectivity index (χ2v) is 5.97. The highest BCUT2D eigenvalue weighted by atomic mass is 32.2. The summed E-state index contributed by atoms with van der Waals surface area (Å²) in [5, 5.41) is 11.0. The minimum absolute atomic E-state index is 0.265. The Morgan fingerprint density at radius 2 is 2.00 bits per heavy atom. The number of hydrogen-bond acceptors (Lipinski definition) is 4. The molecule has 0 radical (unpaired) electrons. The van der Waals surface area contributed by atoms with Crippen molar-refractivity contribution in [3.8, 4) is 6.07 Å². The summed E-state index contributed by atoms with van der Waals surface area (Å²) >= 11 is 0. The van der Waals surface area contributed by atoms with E-state index in [0.29, 0.717) is 12.2 Å². The fourth-order valence-corrected chi connectivity index (χ4v) is 2.86. The van der Waals surface area contributed by atoms with Gasteiger partial charge in [0.25, 0.3) is 0 Å². The molecule has 1 aromatic rings. The topological polar surface area (TPSA) is 82.0 Å². The Kier molecular flexibility index (Phi) is 5.80. The zero-order valence-electron chi connectivity index (χ0n) is 11.2. The molecule has 0 bridgehead atoms. The molecule has 0 saturated carbocycles. The van der Waals surface area contributed by atoms with Gasteiger partial charge in [-0.2, -0.15) is 5.26 Å². The largest absolute Gasteiger partial charge is 0.313 e. The standard InChI is InChI=1S/C13H19N3O2S/c1-3-12(9-14)19(17,18)16-13-8-6-5-7-11(13)10-15-4-2/h5-8,12,15-16H,3-4,10H2,1-2H3. The summed E-state index contributed by atoms with van der Waals surface area (Å²) in [6.45, 7) is 5.04. The van der Waals surface area contributed by atoms with Crippen LogP contribution in [-0.2, 0) is 16.6 Å². The molecule has 2 N–H and O–H groups in total. The lowest BCUT2D eigenvalue weighted by atomic mass is 10.2. The van der Waals surface area contributed by atoms with E-state index in [1.54, 1.807) is 19.1 Å². The number of para-hydroxylation sites is 1. The zero-order valence-corrected chi connectivity index (χ0v) is 12.0. The van der Waals surface area contributed by atoms with E-state index in [9.17, 15) is 8.42 Å². The molecule has 0 heterocycles.